The molecule has 0 unspecified atom stereocenters. The van der Waals surface area contributed by atoms with Gasteiger partial charge in [-0.2, -0.15) is 0 Å². The Kier molecular flexibility index (Phi) is 5.12. The molecule has 0 bridgehead atoms. The number of methoxy groups -OCH3 is 1. The van der Waals surface area contributed by atoms with Gasteiger partial charge in [-0.05, 0) is 17.9 Å². The van der Waals surface area contributed by atoms with Crippen molar-refractivity contribution < 1.29 is 9.53 Å². The third-order valence-electron chi connectivity index (χ3n) is 2.10. The van der Waals surface area contributed by atoms with E-state index in [1.54, 1.807) is 13.2 Å². The van der Waals surface area contributed by atoms with Crippen molar-refractivity contribution in [1.29, 1.82) is 0 Å². The van der Waals surface area contributed by atoms with E-state index in [9.17, 15) is 4.79 Å². The Morgan fingerprint density at radius 1 is 1.60 bits per heavy atom. The number of thiophene rings is 1. The number of allylic oxidation sites excluding steroid dienone is 2. The number of hydrogen-bond donors (Lipinski definition) is 0. The van der Waals surface area contributed by atoms with E-state index in [2.05, 4.69) is 6.92 Å². The maximum absolute atomic E-state index is 11.7. The molecule has 2 nitrogen and oxygen atoms in total. The third-order valence-corrected chi connectivity index (χ3v) is 2.98. The first-order valence-corrected chi connectivity index (χ1v) is 5.98. The second-order valence-corrected chi connectivity index (χ2v) is 4.21. The van der Waals surface area contributed by atoms with Crippen molar-refractivity contribution in [2.45, 2.75) is 26.2 Å². The van der Waals surface area contributed by atoms with Gasteiger partial charge in [0, 0.05) is 12.5 Å². The van der Waals surface area contributed by atoms with Crippen molar-refractivity contribution in [3.63, 3.8) is 0 Å². The fourth-order valence-corrected chi connectivity index (χ4v) is 1.86. The Labute approximate surface area is 94.6 Å². The maximum Gasteiger partial charge on any atom is 0.199 e. The minimum absolute atomic E-state index is 0.0398. The van der Waals surface area contributed by atoms with Gasteiger partial charge in [-0.25, -0.2) is 0 Å². The lowest BCUT2D eigenvalue weighted by Gasteiger charge is -2.03. The predicted molar refractivity (Wildman–Crippen MR) is 63.3 cm³/mol. The minimum atomic E-state index is 0.0398. The summed E-state index contributed by atoms with van der Waals surface area (Å²) in [4.78, 5) is 12.5. The molecular formula is C12H16O2S. The molecule has 0 spiro atoms. The summed E-state index contributed by atoms with van der Waals surface area (Å²) in [6.45, 7) is 2.12. The van der Waals surface area contributed by atoms with Crippen LogP contribution in [0.2, 0.25) is 0 Å². The molecule has 0 atom stereocenters. The van der Waals surface area contributed by atoms with Gasteiger partial charge >= 0.3 is 0 Å². The van der Waals surface area contributed by atoms with Crippen molar-refractivity contribution in [2.75, 3.05) is 7.11 Å². The first-order chi connectivity index (χ1) is 7.27. The Hall–Kier alpha value is -1.09. The van der Waals surface area contributed by atoms with Gasteiger partial charge in [0.05, 0.1) is 17.7 Å². The number of ether oxygens (including phenoxy) is 1. The molecule has 0 amide bonds. The molecule has 15 heavy (non-hydrogen) atoms. The Morgan fingerprint density at radius 2 is 2.40 bits per heavy atom. The normalized spacial score (nSPS) is 11.5. The maximum atomic E-state index is 11.7. The van der Waals surface area contributed by atoms with E-state index in [4.69, 9.17) is 4.74 Å². The lowest BCUT2D eigenvalue weighted by Crippen LogP contribution is -1.95. The van der Waals surface area contributed by atoms with Crippen LogP contribution in [-0.2, 0) is 4.74 Å². The average molecular weight is 224 g/mol. The topological polar surface area (TPSA) is 26.3 Å². The van der Waals surface area contributed by atoms with Gasteiger partial charge in [-0.15, -0.1) is 11.3 Å². The zero-order valence-electron chi connectivity index (χ0n) is 9.16. The molecule has 0 radical (unpaired) electrons. The number of unbranched alkanes of at least 4 members (excludes halogenated alkanes) is 1. The van der Waals surface area contributed by atoms with E-state index in [1.165, 1.54) is 11.3 Å². The molecule has 1 rings (SSSR count). The van der Waals surface area contributed by atoms with Crippen LogP contribution in [0.1, 0.15) is 35.9 Å². The third kappa shape index (κ3) is 3.88. The molecule has 82 valence electrons. The van der Waals surface area contributed by atoms with Gasteiger partial charge in [-0.1, -0.05) is 19.4 Å². The highest BCUT2D eigenvalue weighted by Crippen LogP contribution is 2.14. The van der Waals surface area contributed by atoms with Crippen LogP contribution in [-0.4, -0.2) is 12.9 Å². The van der Waals surface area contributed by atoms with Gasteiger partial charge in [0.2, 0.25) is 0 Å². The highest BCUT2D eigenvalue weighted by molar-refractivity contribution is 7.12. The van der Waals surface area contributed by atoms with E-state index in [0.717, 1.165) is 29.9 Å². The number of carbonyl (C=O) groups excluding carboxylic acids is 1. The fraction of sp³-hybridized carbons (Fsp3) is 0.417. The highest BCUT2D eigenvalue weighted by atomic mass is 32.1. The van der Waals surface area contributed by atoms with Crippen LogP contribution in [0.25, 0.3) is 0 Å². The van der Waals surface area contributed by atoms with Crippen molar-refractivity contribution >= 4 is 17.1 Å². The second kappa shape index (κ2) is 6.40. The zero-order chi connectivity index (χ0) is 11.1. The first-order valence-electron chi connectivity index (χ1n) is 5.10. The summed E-state index contributed by atoms with van der Waals surface area (Å²) in [7, 11) is 1.61. The van der Waals surface area contributed by atoms with Gasteiger partial charge in [-0.3, -0.25) is 4.79 Å². The van der Waals surface area contributed by atoms with Crippen LogP contribution in [0.3, 0.4) is 0 Å². The van der Waals surface area contributed by atoms with E-state index >= 15 is 0 Å². The summed E-state index contributed by atoms with van der Waals surface area (Å²) in [6.07, 6.45) is 4.59. The predicted octanol–water partition coefficient (Wildman–Crippen LogP) is 3.65. The summed E-state index contributed by atoms with van der Waals surface area (Å²) in [5, 5.41) is 1.90. The average Bonchev–Trinajstić information content (AvgIpc) is 2.77. The molecule has 0 saturated carbocycles. The number of carbonyl (C=O) groups is 1. The van der Waals surface area contributed by atoms with Gasteiger partial charge in [0.1, 0.15) is 0 Å². The summed E-state index contributed by atoms with van der Waals surface area (Å²) < 4.78 is 5.17. The van der Waals surface area contributed by atoms with Crippen LogP contribution in [0.5, 0.6) is 0 Å². The van der Waals surface area contributed by atoms with E-state index in [-0.39, 0.29) is 5.78 Å². The molecule has 0 N–H and O–H groups in total. The molecular weight excluding hydrogens is 208 g/mol. The van der Waals surface area contributed by atoms with Crippen molar-refractivity contribution in [3.8, 4) is 0 Å². The molecule has 3 heteroatoms. The van der Waals surface area contributed by atoms with Crippen molar-refractivity contribution in [2.24, 2.45) is 0 Å². The Balaban J connectivity index is 2.63. The molecule has 1 aromatic heterocycles. The second-order valence-electron chi connectivity index (χ2n) is 3.26. The highest BCUT2D eigenvalue weighted by Gasteiger charge is 2.05. The Morgan fingerprint density at radius 3 is 2.93 bits per heavy atom. The van der Waals surface area contributed by atoms with Gasteiger partial charge in [0.15, 0.2) is 5.78 Å². The molecule has 0 aliphatic rings. The summed E-state index contributed by atoms with van der Waals surface area (Å²) in [5.74, 6) is 0.813. The standard InChI is InChI=1S/C12H16O2S/c1-3-4-6-10(14-2)9-11(13)12-7-5-8-15-12/h5,7-9H,3-4,6H2,1-2H3/b10-9+. The van der Waals surface area contributed by atoms with E-state index < -0.39 is 0 Å². The molecule has 0 aliphatic heterocycles. The number of rotatable bonds is 6. The van der Waals surface area contributed by atoms with E-state index in [1.807, 2.05) is 17.5 Å². The smallest absolute Gasteiger partial charge is 0.199 e. The molecule has 0 saturated heterocycles. The Bertz CT molecular complexity index is 325. The lowest BCUT2D eigenvalue weighted by atomic mass is 10.2. The molecule has 1 heterocycles. The van der Waals surface area contributed by atoms with Crippen LogP contribution < -0.4 is 0 Å². The summed E-state index contributed by atoms with van der Waals surface area (Å²) in [5.41, 5.74) is 0. The summed E-state index contributed by atoms with van der Waals surface area (Å²) >= 11 is 1.46. The number of ketones is 1. The minimum Gasteiger partial charge on any atom is -0.501 e. The molecule has 1 aromatic rings. The van der Waals surface area contributed by atoms with Crippen molar-refractivity contribution in [3.05, 3.63) is 34.2 Å². The molecule has 0 aromatic carbocycles. The SMILES string of the molecule is CCCC/C(=C\C(=O)c1cccs1)OC. The van der Waals surface area contributed by atoms with Crippen LogP contribution in [0, 0.1) is 0 Å². The lowest BCUT2D eigenvalue weighted by molar-refractivity contribution is 0.104. The number of hydrogen-bond acceptors (Lipinski definition) is 3. The monoisotopic (exact) mass is 224 g/mol. The quantitative estimate of drug-likeness (QED) is 0.419. The van der Waals surface area contributed by atoms with Crippen LogP contribution >= 0.6 is 11.3 Å². The van der Waals surface area contributed by atoms with Crippen molar-refractivity contribution in [1.82, 2.24) is 0 Å². The zero-order valence-corrected chi connectivity index (χ0v) is 9.97. The molecule has 0 fully saturated rings. The van der Waals surface area contributed by atoms with Gasteiger partial charge < -0.3 is 4.74 Å². The molecule has 0 aliphatic carbocycles. The first kappa shape index (κ1) is 12.0. The largest absolute Gasteiger partial charge is 0.501 e. The van der Waals surface area contributed by atoms with Gasteiger partial charge in [0.25, 0.3) is 0 Å². The fourth-order valence-electron chi connectivity index (χ4n) is 1.22. The van der Waals surface area contributed by atoms with Crippen LogP contribution in [0.15, 0.2) is 29.3 Å². The van der Waals surface area contributed by atoms with E-state index in [0.29, 0.717) is 0 Å². The van der Waals surface area contributed by atoms with Crippen LogP contribution in [0.4, 0.5) is 0 Å². The summed E-state index contributed by atoms with van der Waals surface area (Å²) in [6, 6.07) is 3.71.